The number of piperazine rings is 1. The van der Waals surface area contributed by atoms with E-state index < -0.39 is 5.97 Å². The predicted molar refractivity (Wildman–Crippen MR) is 144 cm³/mol. The molecule has 0 aliphatic carbocycles. The topological polar surface area (TPSA) is 117 Å². The first-order valence-corrected chi connectivity index (χ1v) is 12.2. The molecule has 1 amide bonds. The first-order chi connectivity index (χ1) is 17.8. The fourth-order valence-corrected chi connectivity index (χ4v) is 4.27. The van der Waals surface area contributed by atoms with Crippen molar-refractivity contribution < 1.29 is 18.9 Å². The molecule has 0 atom stereocenters. The van der Waals surface area contributed by atoms with Gasteiger partial charge in [-0.25, -0.2) is 9.39 Å². The zero-order chi connectivity index (χ0) is 26.3. The van der Waals surface area contributed by atoms with E-state index in [1.807, 2.05) is 24.3 Å². The molecule has 3 aromatic rings. The number of carbonyl (C=O) groups excluding carboxylic acids is 2. The van der Waals surface area contributed by atoms with Crippen LogP contribution in [0.1, 0.15) is 34.0 Å². The molecule has 0 radical (unpaired) electrons. The molecular weight excluding hydrogens is 466 g/mol. The number of benzene rings is 3. The van der Waals surface area contributed by atoms with Gasteiger partial charge in [-0.15, -0.1) is 0 Å². The van der Waals surface area contributed by atoms with E-state index in [9.17, 15) is 9.59 Å². The largest absolute Gasteiger partial charge is 0.423 e. The van der Waals surface area contributed by atoms with E-state index in [1.54, 1.807) is 55.5 Å². The van der Waals surface area contributed by atoms with E-state index in [-0.39, 0.29) is 11.7 Å². The Morgan fingerprint density at radius 1 is 0.973 bits per heavy atom. The van der Waals surface area contributed by atoms with Crippen molar-refractivity contribution in [1.82, 2.24) is 10.7 Å². The number of quaternary nitrogens is 1. The second-order valence-electron chi connectivity index (χ2n) is 9.20. The Kier molecular flexibility index (Phi) is 8.12. The van der Waals surface area contributed by atoms with Crippen LogP contribution < -0.4 is 21.2 Å². The van der Waals surface area contributed by atoms with Crippen LogP contribution in [0, 0.1) is 5.41 Å². The molecule has 0 saturated carbocycles. The summed E-state index contributed by atoms with van der Waals surface area (Å²) in [4.78, 5) is 25.7. The smallest absolute Gasteiger partial charge is 0.343 e. The molecule has 1 fully saturated rings. The van der Waals surface area contributed by atoms with E-state index in [1.165, 1.54) is 5.56 Å². The summed E-state index contributed by atoms with van der Waals surface area (Å²) in [6, 6.07) is 23.6. The lowest BCUT2D eigenvalue weighted by Crippen LogP contribution is -2.66. The number of hydrogen-bond acceptors (Lipinski definition) is 5. The summed E-state index contributed by atoms with van der Waals surface area (Å²) >= 11 is 0. The van der Waals surface area contributed by atoms with Crippen molar-refractivity contribution in [3.05, 3.63) is 107 Å². The molecule has 8 heteroatoms. The molecule has 1 saturated heterocycles. The number of nitrogens with zero attached hydrogens (tertiary/aromatic N) is 1. The molecular formula is C29H32N5O3+. The quantitative estimate of drug-likeness (QED) is 0.0950. The first kappa shape index (κ1) is 25.8. The Balaban J connectivity index is 1.40. The van der Waals surface area contributed by atoms with Gasteiger partial charge in [-0.05, 0) is 55.0 Å². The highest BCUT2D eigenvalue weighted by atomic mass is 16.5. The molecule has 37 heavy (non-hydrogen) atoms. The summed E-state index contributed by atoms with van der Waals surface area (Å²) < 4.78 is 5.90. The van der Waals surface area contributed by atoms with Crippen molar-refractivity contribution in [2.75, 3.05) is 26.2 Å². The van der Waals surface area contributed by atoms with Gasteiger partial charge < -0.3 is 15.8 Å². The monoisotopic (exact) mass is 498 g/mol. The third kappa shape index (κ3) is 6.91. The lowest BCUT2D eigenvalue weighted by Gasteiger charge is -2.40. The van der Waals surface area contributed by atoms with Gasteiger partial charge in [-0.3, -0.25) is 10.2 Å². The van der Waals surface area contributed by atoms with Gasteiger partial charge in [0.15, 0.2) is 0 Å². The molecule has 0 aromatic heterocycles. The highest BCUT2D eigenvalue weighted by Crippen LogP contribution is 2.17. The van der Waals surface area contributed by atoms with Crippen LogP contribution in [0.2, 0.25) is 0 Å². The van der Waals surface area contributed by atoms with Crippen molar-refractivity contribution in [3.8, 4) is 5.75 Å². The number of rotatable bonds is 8. The fourth-order valence-electron chi connectivity index (χ4n) is 4.27. The van der Waals surface area contributed by atoms with Gasteiger partial charge >= 0.3 is 5.97 Å². The maximum absolute atomic E-state index is 13.1. The van der Waals surface area contributed by atoms with E-state index in [2.05, 4.69) is 22.9 Å². The number of nitrogen functional groups attached to an aromatic ring is 1. The molecule has 0 spiro atoms. The number of amidine groups is 1. The van der Waals surface area contributed by atoms with E-state index in [0.717, 1.165) is 38.3 Å². The van der Waals surface area contributed by atoms with Crippen molar-refractivity contribution in [1.29, 1.82) is 5.41 Å². The van der Waals surface area contributed by atoms with Crippen molar-refractivity contribution in [3.63, 3.8) is 0 Å². The lowest BCUT2D eigenvalue weighted by molar-refractivity contribution is -0.974. The second kappa shape index (κ2) is 11.6. The van der Waals surface area contributed by atoms with Crippen molar-refractivity contribution >= 4 is 23.8 Å². The van der Waals surface area contributed by atoms with Gasteiger partial charge in [-0.2, -0.15) is 5.43 Å². The average Bonchev–Trinajstić information content (AvgIpc) is 2.90. The molecule has 0 unspecified atom stereocenters. The zero-order valence-electron chi connectivity index (χ0n) is 20.9. The highest BCUT2D eigenvalue weighted by molar-refractivity contribution is 5.97. The van der Waals surface area contributed by atoms with Crippen LogP contribution in [-0.4, -0.2) is 48.5 Å². The zero-order valence-corrected chi connectivity index (χ0v) is 20.9. The van der Waals surface area contributed by atoms with Gasteiger partial charge in [-0.1, -0.05) is 42.5 Å². The van der Waals surface area contributed by atoms with Gasteiger partial charge in [0.1, 0.15) is 31.2 Å². The third-order valence-corrected chi connectivity index (χ3v) is 6.36. The Labute approximate surface area is 216 Å². The van der Waals surface area contributed by atoms with Crippen molar-refractivity contribution in [2.45, 2.75) is 13.5 Å². The number of nitrogens with two attached hydrogens (primary N) is 1. The minimum atomic E-state index is -0.494. The van der Waals surface area contributed by atoms with Gasteiger partial charge in [0.25, 0.3) is 5.91 Å². The first-order valence-electron chi connectivity index (χ1n) is 12.2. The van der Waals surface area contributed by atoms with E-state index in [0.29, 0.717) is 27.0 Å². The summed E-state index contributed by atoms with van der Waals surface area (Å²) in [5, 5.41) is 10.8. The van der Waals surface area contributed by atoms with Crippen LogP contribution in [0.25, 0.3) is 6.08 Å². The standard InChI is InChI=1S/C29H31N5O3/c1-21(28(35)33-34(17-15-32-16-18-34)20-23-5-3-2-4-6-23)19-22-7-9-25(10-8-22)29(36)37-26-13-11-24(12-14-26)27(30)31/h2-14,19,32H,15-18,20H2,1H3,(H3-,30,31,33,35)/p+1. The number of esters is 1. The summed E-state index contributed by atoms with van der Waals surface area (Å²) in [7, 11) is 0. The molecule has 190 valence electrons. The van der Waals surface area contributed by atoms with Gasteiger partial charge in [0.2, 0.25) is 0 Å². The van der Waals surface area contributed by atoms with Crippen LogP contribution in [-0.2, 0) is 11.3 Å². The van der Waals surface area contributed by atoms with Crippen LogP contribution in [0.5, 0.6) is 5.75 Å². The van der Waals surface area contributed by atoms with E-state index in [4.69, 9.17) is 15.9 Å². The normalized spacial score (nSPS) is 15.0. The van der Waals surface area contributed by atoms with Crippen LogP contribution in [0.4, 0.5) is 0 Å². The number of nitrogens with one attached hydrogen (secondary N) is 3. The van der Waals surface area contributed by atoms with Gasteiger partial charge in [0.05, 0.1) is 5.56 Å². The molecule has 1 aliphatic heterocycles. The van der Waals surface area contributed by atoms with E-state index >= 15 is 0 Å². The maximum atomic E-state index is 13.1. The van der Waals surface area contributed by atoms with Gasteiger partial charge in [0, 0.05) is 29.8 Å². The van der Waals surface area contributed by atoms with Crippen LogP contribution >= 0.6 is 0 Å². The Morgan fingerprint density at radius 3 is 2.22 bits per heavy atom. The molecule has 4 rings (SSSR count). The third-order valence-electron chi connectivity index (χ3n) is 6.36. The summed E-state index contributed by atoms with van der Waals surface area (Å²) in [5.74, 6) is -0.291. The SMILES string of the molecule is CC(=Cc1ccc(C(=O)Oc2ccc(C(=N)N)cc2)cc1)C(=O)N[N+]1(Cc2ccccc2)CCNCC1. The minimum absolute atomic E-state index is 0.0495. The molecule has 3 aromatic carbocycles. The Bertz CT molecular complexity index is 1280. The molecule has 5 N–H and O–H groups in total. The number of amides is 1. The average molecular weight is 499 g/mol. The summed E-state index contributed by atoms with van der Waals surface area (Å²) in [6.45, 7) is 5.83. The Hall–Kier alpha value is -4.27. The van der Waals surface area contributed by atoms with Crippen molar-refractivity contribution in [2.24, 2.45) is 5.73 Å². The second-order valence-corrected chi connectivity index (χ2v) is 9.20. The Morgan fingerprint density at radius 2 is 1.59 bits per heavy atom. The molecule has 1 aliphatic rings. The van der Waals surface area contributed by atoms with Crippen LogP contribution in [0.3, 0.4) is 0 Å². The summed E-state index contributed by atoms with van der Waals surface area (Å²) in [6.07, 6.45) is 1.81. The minimum Gasteiger partial charge on any atom is -0.423 e. The van der Waals surface area contributed by atoms with Crippen LogP contribution in [0.15, 0.2) is 84.4 Å². The fraction of sp³-hybridized carbons (Fsp3) is 0.207. The molecule has 1 heterocycles. The molecule has 8 nitrogen and oxygen atoms in total. The maximum Gasteiger partial charge on any atom is 0.343 e. The predicted octanol–water partition coefficient (Wildman–Crippen LogP) is 3.24. The lowest BCUT2D eigenvalue weighted by atomic mass is 10.1. The summed E-state index contributed by atoms with van der Waals surface area (Å²) in [5.41, 5.74) is 12.2. The highest BCUT2D eigenvalue weighted by Gasteiger charge is 2.33. The number of ether oxygens (including phenoxy) is 1. The molecule has 0 bridgehead atoms. The number of carbonyl (C=O) groups is 2. The number of hydrogen-bond donors (Lipinski definition) is 4.